The summed E-state index contributed by atoms with van der Waals surface area (Å²) >= 11 is 0. The molecule has 0 bridgehead atoms. The molecular weight excluding hydrogens is 356 g/mol. The van der Waals surface area contributed by atoms with Gasteiger partial charge >= 0.3 is 0 Å². The number of hydrogen-bond acceptors (Lipinski definition) is 6. The highest BCUT2D eigenvalue weighted by Crippen LogP contribution is 2.55. The summed E-state index contributed by atoms with van der Waals surface area (Å²) < 4.78 is 7.76. The molecule has 1 aromatic heterocycles. The van der Waals surface area contributed by atoms with E-state index in [1.54, 1.807) is 0 Å². The molecule has 152 valence electrons. The van der Waals surface area contributed by atoms with Crippen molar-refractivity contribution in [3.05, 3.63) is 11.9 Å². The second-order valence-corrected chi connectivity index (χ2v) is 9.55. The molecule has 2 unspecified atom stereocenters. The van der Waals surface area contributed by atoms with E-state index in [1.165, 1.54) is 5.71 Å². The van der Waals surface area contributed by atoms with Crippen molar-refractivity contribution in [2.24, 2.45) is 28.8 Å². The summed E-state index contributed by atoms with van der Waals surface area (Å²) in [6.07, 6.45) is 5.87. The zero-order valence-electron chi connectivity index (χ0n) is 17.0. The molecule has 3 aliphatic heterocycles. The summed E-state index contributed by atoms with van der Waals surface area (Å²) in [5.41, 5.74) is 1.62. The second kappa shape index (κ2) is 6.58. The minimum absolute atomic E-state index is 0.153. The number of anilines is 1. The molecule has 0 amide bonds. The molecular formula is C21H30N4O3. The van der Waals surface area contributed by atoms with Gasteiger partial charge in [-0.3, -0.25) is 4.79 Å². The van der Waals surface area contributed by atoms with E-state index in [1.807, 2.05) is 6.20 Å². The van der Waals surface area contributed by atoms with Crippen LogP contribution in [-0.2, 0) is 9.57 Å². The third kappa shape index (κ3) is 3.04. The van der Waals surface area contributed by atoms with Gasteiger partial charge in [-0.05, 0) is 51.4 Å². The number of ether oxygens (including phenoxy) is 1. The van der Waals surface area contributed by atoms with Gasteiger partial charge in [-0.2, -0.15) is 0 Å². The van der Waals surface area contributed by atoms with E-state index >= 15 is 0 Å². The van der Waals surface area contributed by atoms with Crippen LogP contribution in [0, 0.1) is 23.7 Å². The molecule has 0 radical (unpaired) electrons. The van der Waals surface area contributed by atoms with Gasteiger partial charge < -0.3 is 19.0 Å². The zero-order valence-corrected chi connectivity index (χ0v) is 17.0. The lowest BCUT2D eigenvalue weighted by Gasteiger charge is -2.31. The number of carbonyl (C=O) groups is 1. The lowest BCUT2D eigenvalue weighted by Crippen LogP contribution is -2.31. The summed E-state index contributed by atoms with van der Waals surface area (Å²) in [5, 5.41) is 4.37. The first-order valence-electron chi connectivity index (χ1n) is 10.6. The third-order valence-electron chi connectivity index (χ3n) is 7.12. The van der Waals surface area contributed by atoms with Crippen molar-refractivity contribution in [3.8, 4) is 0 Å². The molecule has 0 spiro atoms. The highest BCUT2D eigenvalue weighted by atomic mass is 16.7. The number of hydrogen-bond donors (Lipinski definition) is 0. The summed E-state index contributed by atoms with van der Waals surface area (Å²) in [6, 6.07) is 0.321. The monoisotopic (exact) mass is 386 g/mol. The first kappa shape index (κ1) is 18.2. The number of rotatable bonds is 5. The van der Waals surface area contributed by atoms with Crippen LogP contribution < -0.4 is 4.90 Å². The van der Waals surface area contributed by atoms with Gasteiger partial charge in [0, 0.05) is 50.9 Å². The topological polar surface area (TPSA) is 69.0 Å². The average molecular weight is 386 g/mol. The Bertz CT molecular complexity index is 784. The minimum atomic E-state index is -0.153. The maximum atomic E-state index is 11.4. The van der Waals surface area contributed by atoms with E-state index in [2.05, 4.69) is 40.4 Å². The van der Waals surface area contributed by atoms with Crippen molar-refractivity contribution in [1.29, 1.82) is 0 Å². The Balaban J connectivity index is 1.30. The number of carbonyl (C=O) groups excluding carboxylic acids is 1. The van der Waals surface area contributed by atoms with Gasteiger partial charge in [0.15, 0.2) is 6.29 Å². The van der Waals surface area contributed by atoms with Crippen LogP contribution in [0.4, 0.5) is 5.95 Å². The Morgan fingerprint density at radius 1 is 1.25 bits per heavy atom. The maximum Gasteiger partial charge on any atom is 0.206 e. The highest BCUT2D eigenvalue weighted by Gasteiger charge is 2.60. The highest BCUT2D eigenvalue weighted by molar-refractivity contribution is 5.91. The van der Waals surface area contributed by atoms with Crippen LogP contribution >= 0.6 is 0 Å². The van der Waals surface area contributed by atoms with Gasteiger partial charge in [-0.25, -0.2) is 4.98 Å². The van der Waals surface area contributed by atoms with Gasteiger partial charge in [0.1, 0.15) is 11.3 Å². The van der Waals surface area contributed by atoms with Crippen LogP contribution in [0.3, 0.4) is 0 Å². The number of piperidine rings is 1. The fraction of sp³-hybridized carbons (Fsp3) is 0.762. The van der Waals surface area contributed by atoms with Gasteiger partial charge in [0.2, 0.25) is 5.95 Å². The summed E-state index contributed by atoms with van der Waals surface area (Å²) in [5.74, 6) is 3.37. The largest absolute Gasteiger partial charge is 0.389 e. The van der Waals surface area contributed by atoms with Crippen molar-refractivity contribution >= 4 is 17.9 Å². The SMILES string of the molecule is C[C@@H](C1CCOCC1)n1cc(C=O)nc1N1CC2C(C1)C2C1=NOC(C)(C)C1. The predicted octanol–water partition coefficient (Wildman–Crippen LogP) is 2.92. The van der Waals surface area contributed by atoms with Crippen LogP contribution in [0.25, 0.3) is 0 Å². The van der Waals surface area contributed by atoms with Crippen molar-refractivity contribution in [3.63, 3.8) is 0 Å². The molecule has 3 atom stereocenters. The van der Waals surface area contributed by atoms with Crippen molar-refractivity contribution in [2.75, 3.05) is 31.2 Å². The number of nitrogens with zero attached hydrogens (tertiary/aromatic N) is 4. The first-order valence-corrected chi connectivity index (χ1v) is 10.6. The lowest BCUT2D eigenvalue weighted by atomic mass is 9.93. The minimum Gasteiger partial charge on any atom is -0.389 e. The van der Waals surface area contributed by atoms with Crippen molar-refractivity contribution in [2.45, 2.75) is 51.7 Å². The van der Waals surface area contributed by atoms with Crippen molar-refractivity contribution in [1.82, 2.24) is 9.55 Å². The van der Waals surface area contributed by atoms with Gasteiger partial charge in [-0.1, -0.05) is 5.16 Å². The second-order valence-electron chi connectivity index (χ2n) is 9.55. The molecule has 5 rings (SSSR count). The standard InChI is InChI=1S/C21H30N4O3/c1-13(14-4-6-27-7-5-14)25-9-15(12-26)22-20(25)24-10-16-17(11-24)19(16)18-8-21(2,3)28-23-18/h9,12-14,16-17,19H,4-8,10-11H2,1-3H3/t13-,16?,17?,19?/m0/s1. The summed E-state index contributed by atoms with van der Waals surface area (Å²) in [4.78, 5) is 24.0. The molecule has 1 saturated carbocycles. The van der Waals surface area contributed by atoms with Crippen LogP contribution in [-0.4, -0.2) is 53.5 Å². The number of aromatic nitrogens is 2. The quantitative estimate of drug-likeness (QED) is 0.728. The molecule has 28 heavy (non-hydrogen) atoms. The Labute approximate surface area is 166 Å². The molecule has 1 aliphatic carbocycles. The van der Waals surface area contributed by atoms with Crippen LogP contribution in [0.1, 0.15) is 56.6 Å². The van der Waals surface area contributed by atoms with Crippen LogP contribution in [0.5, 0.6) is 0 Å². The number of fused-ring (bicyclic) bond motifs is 1. The average Bonchev–Trinajstić information content (AvgIpc) is 3.09. The molecule has 3 fully saturated rings. The Morgan fingerprint density at radius 3 is 2.57 bits per heavy atom. The molecule has 1 aromatic rings. The van der Waals surface area contributed by atoms with Crippen LogP contribution in [0.15, 0.2) is 11.4 Å². The molecule has 7 nitrogen and oxygen atoms in total. The Hall–Kier alpha value is -1.89. The summed E-state index contributed by atoms with van der Waals surface area (Å²) in [7, 11) is 0. The maximum absolute atomic E-state index is 11.4. The lowest BCUT2D eigenvalue weighted by molar-refractivity contribution is 0.0123. The molecule has 0 N–H and O–H groups in total. The number of aldehydes is 1. The summed E-state index contributed by atoms with van der Waals surface area (Å²) in [6.45, 7) is 10.1. The van der Waals surface area contributed by atoms with Crippen molar-refractivity contribution < 1.29 is 14.4 Å². The molecule has 4 aliphatic rings. The van der Waals surface area contributed by atoms with Gasteiger partial charge in [-0.15, -0.1) is 0 Å². The third-order valence-corrected chi connectivity index (χ3v) is 7.12. The smallest absolute Gasteiger partial charge is 0.206 e. The predicted molar refractivity (Wildman–Crippen MR) is 106 cm³/mol. The molecule has 2 saturated heterocycles. The van der Waals surface area contributed by atoms with E-state index < -0.39 is 0 Å². The van der Waals surface area contributed by atoms with E-state index in [-0.39, 0.29) is 5.60 Å². The fourth-order valence-corrected chi connectivity index (χ4v) is 5.46. The zero-order chi connectivity index (χ0) is 19.5. The molecule has 0 aromatic carbocycles. The van der Waals surface area contributed by atoms with E-state index in [0.29, 0.717) is 35.4 Å². The van der Waals surface area contributed by atoms with Crippen LogP contribution in [0.2, 0.25) is 0 Å². The van der Waals surface area contributed by atoms with E-state index in [4.69, 9.17) is 9.57 Å². The Morgan fingerprint density at radius 2 is 1.96 bits per heavy atom. The van der Waals surface area contributed by atoms with E-state index in [9.17, 15) is 4.79 Å². The van der Waals surface area contributed by atoms with Gasteiger partial charge in [0.05, 0.1) is 5.71 Å². The normalized spacial score (nSPS) is 32.6. The Kier molecular flexibility index (Phi) is 4.27. The first-order chi connectivity index (χ1) is 13.5. The number of oxime groups is 1. The number of imidazole rings is 1. The van der Waals surface area contributed by atoms with E-state index in [0.717, 1.165) is 57.8 Å². The molecule has 4 heterocycles. The fourth-order valence-electron chi connectivity index (χ4n) is 5.46. The van der Waals surface area contributed by atoms with Gasteiger partial charge in [0.25, 0.3) is 0 Å². The molecule has 7 heteroatoms.